The highest BCUT2D eigenvalue weighted by atomic mass is 32.1. The second-order valence-electron chi connectivity index (χ2n) is 5.31. The van der Waals surface area contributed by atoms with Crippen molar-refractivity contribution in [3.63, 3.8) is 0 Å². The van der Waals surface area contributed by atoms with E-state index >= 15 is 0 Å². The first-order chi connectivity index (χ1) is 10.0. The van der Waals surface area contributed by atoms with E-state index in [1.54, 1.807) is 0 Å². The van der Waals surface area contributed by atoms with Gasteiger partial charge in [-0.3, -0.25) is 0 Å². The van der Waals surface area contributed by atoms with Crippen LogP contribution in [0, 0.1) is 6.92 Å². The molecule has 0 fully saturated rings. The standard InChI is InChI=1S/C18H21NOS/c1-4-13(3)14-7-5-6-8-16(14)20-17-11-12(2)9-10-15(17)18(19)21/h5-11,13H,4H2,1-3H3,(H2,19,21). The zero-order chi connectivity index (χ0) is 15.4. The molecule has 2 N–H and O–H groups in total. The molecule has 21 heavy (non-hydrogen) atoms. The zero-order valence-corrected chi connectivity index (χ0v) is 13.5. The Bertz CT molecular complexity index is 651. The van der Waals surface area contributed by atoms with Gasteiger partial charge in [0.1, 0.15) is 16.5 Å². The third-order valence-corrected chi connectivity index (χ3v) is 3.90. The summed E-state index contributed by atoms with van der Waals surface area (Å²) in [5.41, 5.74) is 8.89. The molecule has 1 atom stereocenters. The third-order valence-electron chi connectivity index (χ3n) is 3.68. The zero-order valence-electron chi connectivity index (χ0n) is 12.7. The molecule has 0 spiro atoms. The normalized spacial score (nSPS) is 12.0. The van der Waals surface area contributed by atoms with Crippen molar-refractivity contribution in [2.45, 2.75) is 33.1 Å². The van der Waals surface area contributed by atoms with Gasteiger partial charge in [-0.15, -0.1) is 0 Å². The molecule has 3 heteroatoms. The van der Waals surface area contributed by atoms with Crippen LogP contribution in [0.5, 0.6) is 11.5 Å². The molecule has 0 radical (unpaired) electrons. The van der Waals surface area contributed by atoms with Crippen molar-refractivity contribution in [3.05, 3.63) is 59.2 Å². The van der Waals surface area contributed by atoms with Crippen LogP contribution in [0.25, 0.3) is 0 Å². The van der Waals surface area contributed by atoms with Gasteiger partial charge in [0.25, 0.3) is 0 Å². The third kappa shape index (κ3) is 3.61. The summed E-state index contributed by atoms with van der Waals surface area (Å²) >= 11 is 5.11. The van der Waals surface area contributed by atoms with E-state index in [4.69, 9.17) is 22.7 Å². The molecular weight excluding hydrogens is 278 g/mol. The van der Waals surface area contributed by atoms with Crippen LogP contribution >= 0.6 is 12.2 Å². The molecule has 0 aliphatic carbocycles. The number of hydrogen-bond donors (Lipinski definition) is 1. The Morgan fingerprint density at radius 2 is 1.90 bits per heavy atom. The van der Waals surface area contributed by atoms with E-state index in [1.165, 1.54) is 5.56 Å². The van der Waals surface area contributed by atoms with Gasteiger partial charge in [0.2, 0.25) is 0 Å². The maximum absolute atomic E-state index is 6.14. The van der Waals surface area contributed by atoms with Gasteiger partial charge in [-0.1, -0.05) is 50.3 Å². The summed E-state index contributed by atoms with van der Waals surface area (Å²) in [5.74, 6) is 2.03. The first-order valence-corrected chi connectivity index (χ1v) is 7.61. The van der Waals surface area contributed by atoms with E-state index in [1.807, 2.05) is 43.3 Å². The Hall–Kier alpha value is -1.87. The highest BCUT2D eigenvalue weighted by Crippen LogP contribution is 2.33. The Morgan fingerprint density at radius 3 is 2.57 bits per heavy atom. The topological polar surface area (TPSA) is 35.2 Å². The largest absolute Gasteiger partial charge is 0.456 e. The highest BCUT2D eigenvalue weighted by molar-refractivity contribution is 7.80. The predicted octanol–water partition coefficient (Wildman–Crippen LogP) is 4.94. The number of nitrogens with two attached hydrogens (primary N) is 1. The van der Waals surface area contributed by atoms with Crippen molar-refractivity contribution in [2.75, 3.05) is 0 Å². The van der Waals surface area contributed by atoms with Crippen molar-refractivity contribution in [1.29, 1.82) is 0 Å². The molecule has 2 aromatic rings. The molecule has 0 amide bonds. The number of thiocarbonyl (C=S) groups is 1. The van der Waals surface area contributed by atoms with Gasteiger partial charge >= 0.3 is 0 Å². The summed E-state index contributed by atoms with van der Waals surface area (Å²) in [7, 11) is 0. The molecule has 2 rings (SSSR count). The van der Waals surface area contributed by atoms with Crippen molar-refractivity contribution in [1.82, 2.24) is 0 Å². The average molecular weight is 299 g/mol. The minimum absolute atomic E-state index is 0.353. The molecule has 0 aromatic heterocycles. The summed E-state index contributed by atoms with van der Waals surface area (Å²) < 4.78 is 6.14. The van der Waals surface area contributed by atoms with E-state index in [0.717, 1.165) is 29.0 Å². The van der Waals surface area contributed by atoms with Gasteiger partial charge in [-0.05, 0) is 48.6 Å². The number of benzene rings is 2. The van der Waals surface area contributed by atoms with Crippen LogP contribution in [0.4, 0.5) is 0 Å². The van der Waals surface area contributed by atoms with Gasteiger partial charge in [-0.2, -0.15) is 0 Å². The Balaban J connectivity index is 2.43. The summed E-state index contributed by atoms with van der Waals surface area (Å²) in [6, 6.07) is 14.0. The minimum Gasteiger partial charge on any atom is -0.456 e. The smallest absolute Gasteiger partial charge is 0.137 e. The molecule has 0 saturated heterocycles. The molecule has 2 nitrogen and oxygen atoms in total. The molecule has 110 valence electrons. The second-order valence-corrected chi connectivity index (χ2v) is 5.75. The average Bonchev–Trinajstić information content (AvgIpc) is 2.47. The lowest BCUT2D eigenvalue weighted by molar-refractivity contribution is 0.469. The molecule has 0 heterocycles. The molecule has 2 aromatic carbocycles. The first kappa shape index (κ1) is 15.5. The molecule has 0 bridgehead atoms. The van der Waals surface area contributed by atoms with Crippen LogP contribution in [0.2, 0.25) is 0 Å². The quantitative estimate of drug-likeness (QED) is 0.795. The Labute approximate surface area is 131 Å². The number of para-hydroxylation sites is 1. The van der Waals surface area contributed by atoms with E-state index in [0.29, 0.717) is 10.9 Å². The summed E-state index contributed by atoms with van der Waals surface area (Å²) in [4.78, 5) is 0.353. The lowest BCUT2D eigenvalue weighted by Gasteiger charge is -2.17. The fourth-order valence-electron chi connectivity index (χ4n) is 2.24. The molecule has 1 unspecified atom stereocenters. The van der Waals surface area contributed by atoms with Gasteiger partial charge in [0.05, 0.1) is 5.56 Å². The van der Waals surface area contributed by atoms with Crippen LogP contribution in [0.15, 0.2) is 42.5 Å². The number of ether oxygens (including phenoxy) is 1. The summed E-state index contributed by atoms with van der Waals surface area (Å²) in [6.07, 6.45) is 1.07. The van der Waals surface area contributed by atoms with E-state index in [2.05, 4.69) is 19.9 Å². The number of aryl methyl sites for hydroxylation is 1. The second kappa shape index (κ2) is 6.72. The van der Waals surface area contributed by atoms with E-state index in [-0.39, 0.29) is 0 Å². The van der Waals surface area contributed by atoms with Crippen LogP contribution in [-0.2, 0) is 0 Å². The van der Waals surface area contributed by atoms with E-state index < -0.39 is 0 Å². The monoisotopic (exact) mass is 299 g/mol. The molecular formula is C18H21NOS. The predicted molar refractivity (Wildman–Crippen MR) is 92.3 cm³/mol. The fourth-order valence-corrected chi connectivity index (χ4v) is 2.41. The SMILES string of the molecule is CCC(C)c1ccccc1Oc1cc(C)ccc1C(N)=S. The maximum atomic E-state index is 6.14. The van der Waals surface area contributed by atoms with Crippen LogP contribution in [0.1, 0.15) is 42.9 Å². The lowest BCUT2D eigenvalue weighted by Crippen LogP contribution is -2.11. The number of hydrogen-bond acceptors (Lipinski definition) is 2. The van der Waals surface area contributed by atoms with E-state index in [9.17, 15) is 0 Å². The van der Waals surface area contributed by atoms with Crippen molar-refractivity contribution >= 4 is 17.2 Å². The van der Waals surface area contributed by atoms with Crippen molar-refractivity contribution < 1.29 is 4.74 Å². The summed E-state index contributed by atoms with van der Waals surface area (Å²) in [6.45, 7) is 6.40. The Kier molecular flexibility index (Phi) is 4.97. The van der Waals surface area contributed by atoms with Crippen LogP contribution < -0.4 is 10.5 Å². The van der Waals surface area contributed by atoms with Crippen molar-refractivity contribution in [3.8, 4) is 11.5 Å². The van der Waals surface area contributed by atoms with Crippen molar-refractivity contribution in [2.24, 2.45) is 5.73 Å². The molecule has 0 aliphatic rings. The minimum atomic E-state index is 0.353. The van der Waals surface area contributed by atoms with Crippen LogP contribution in [-0.4, -0.2) is 4.99 Å². The maximum Gasteiger partial charge on any atom is 0.137 e. The highest BCUT2D eigenvalue weighted by Gasteiger charge is 2.13. The van der Waals surface area contributed by atoms with Gasteiger partial charge in [-0.25, -0.2) is 0 Å². The molecule has 0 saturated carbocycles. The van der Waals surface area contributed by atoms with Gasteiger partial charge < -0.3 is 10.5 Å². The number of rotatable bonds is 5. The van der Waals surface area contributed by atoms with Gasteiger partial charge in [0, 0.05) is 0 Å². The van der Waals surface area contributed by atoms with Crippen LogP contribution in [0.3, 0.4) is 0 Å². The summed E-state index contributed by atoms with van der Waals surface area (Å²) in [5, 5.41) is 0. The fraction of sp³-hybridized carbons (Fsp3) is 0.278. The Morgan fingerprint density at radius 1 is 1.19 bits per heavy atom. The molecule has 0 aliphatic heterocycles. The first-order valence-electron chi connectivity index (χ1n) is 7.20. The van der Waals surface area contributed by atoms with Gasteiger partial charge in [0.15, 0.2) is 0 Å². The lowest BCUT2D eigenvalue weighted by atomic mass is 9.98.